The number of carbonyl (C=O) groups excluding carboxylic acids is 1. The van der Waals surface area contributed by atoms with E-state index >= 15 is 0 Å². The van der Waals surface area contributed by atoms with Crippen LogP contribution in [0.1, 0.15) is 44.6 Å². The fourth-order valence-electron chi connectivity index (χ4n) is 2.34. The van der Waals surface area contributed by atoms with E-state index < -0.39 is 5.97 Å². The SMILES string of the molecule is CC(CC(=O)O)c1ccc(NC(=O)C(C)C2CC2)cc1. The molecule has 2 N–H and O–H groups in total. The van der Waals surface area contributed by atoms with E-state index in [-0.39, 0.29) is 24.2 Å². The van der Waals surface area contributed by atoms with Crippen LogP contribution in [0.2, 0.25) is 0 Å². The number of rotatable bonds is 6. The van der Waals surface area contributed by atoms with Gasteiger partial charge in [0.1, 0.15) is 0 Å². The summed E-state index contributed by atoms with van der Waals surface area (Å²) in [7, 11) is 0. The average Bonchev–Trinajstić information content (AvgIpc) is 3.22. The van der Waals surface area contributed by atoms with Gasteiger partial charge in [-0.3, -0.25) is 9.59 Å². The predicted octanol–water partition coefficient (Wildman–Crippen LogP) is 3.25. The third-order valence-electron chi connectivity index (χ3n) is 3.97. The lowest BCUT2D eigenvalue weighted by molar-refractivity contribution is -0.137. The third-order valence-corrected chi connectivity index (χ3v) is 3.97. The molecule has 0 spiro atoms. The van der Waals surface area contributed by atoms with Gasteiger partial charge in [-0.15, -0.1) is 0 Å². The zero-order valence-electron chi connectivity index (χ0n) is 11.9. The second-order valence-electron chi connectivity index (χ2n) is 5.74. The second-order valence-corrected chi connectivity index (χ2v) is 5.74. The number of carboxylic acid groups (broad SMARTS) is 1. The van der Waals surface area contributed by atoms with Gasteiger partial charge < -0.3 is 10.4 Å². The molecule has 2 unspecified atom stereocenters. The van der Waals surface area contributed by atoms with Crippen molar-refractivity contribution in [1.29, 1.82) is 0 Å². The Kier molecular flexibility index (Phi) is 4.42. The van der Waals surface area contributed by atoms with E-state index in [0.717, 1.165) is 24.1 Å². The van der Waals surface area contributed by atoms with Crippen molar-refractivity contribution in [3.05, 3.63) is 29.8 Å². The summed E-state index contributed by atoms with van der Waals surface area (Å²) in [5.74, 6) is -0.139. The summed E-state index contributed by atoms with van der Waals surface area (Å²) >= 11 is 0. The number of amides is 1. The first-order valence-electron chi connectivity index (χ1n) is 7.10. The number of carbonyl (C=O) groups is 2. The number of hydrogen-bond acceptors (Lipinski definition) is 2. The van der Waals surface area contributed by atoms with Crippen LogP contribution in [-0.4, -0.2) is 17.0 Å². The van der Waals surface area contributed by atoms with Gasteiger partial charge in [-0.2, -0.15) is 0 Å². The molecule has 1 aromatic carbocycles. The molecule has 0 heterocycles. The maximum absolute atomic E-state index is 12.0. The molecule has 0 aliphatic heterocycles. The molecular weight excluding hydrogens is 254 g/mol. The van der Waals surface area contributed by atoms with Crippen LogP contribution in [0, 0.1) is 11.8 Å². The van der Waals surface area contributed by atoms with Crippen LogP contribution in [0.4, 0.5) is 5.69 Å². The first-order chi connectivity index (χ1) is 9.47. The molecule has 0 radical (unpaired) electrons. The Morgan fingerprint density at radius 3 is 2.35 bits per heavy atom. The van der Waals surface area contributed by atoms with Gasteiger partial charge in [0.05, 0.1) is 6.42 Å². The Morgan fingerprint density at radius 1 is 1.25 bits per heavy atom. The average molecular weight is 275 g/mol. The van der Waals surface area contributed by atoms with Crippen molar-refractivity contribution < 1.29 is 14.7 Å². The summed E-state index contributed by atoms with van der Waals surface area (Å²) in [6, 6.07) is 7.44. The van der Waals surface area contributed by atoms with Crippen LogP contribution in [0.25, 0.3) is 0 Å². The zero-order valence-corrected chi connectivity index (χ0v) is 11.9. The monoisotopic (exact) mass is 275 g/mol. The van der Waals surface area contributed by atoms with Gasteiger partial charge >= 0.3 is 5.97 Å². The first-order valence-corrected chi connectivity index (χ1v) is 7.10. The van der Waals surface area contributed by atoms with Crippen LogP contribution < -0.4 is 5.32 Å². The van der Waals surface area contributed by atoms with E-state index in [2.05, 4.69) is 5.32 Å². The Morgan fingerprint density at radius 2 is 1.85 bits per heavy atom. The molecule has 4 heteroatoms. The van der Waals surface area contributed by atoms with Gasteiger partial charge in [0, 0.05) is 11.6 Å². The van der Waals surface area contributed by atoms with E-state index in [1.165, 1.54) is 0 Å². The standard InChI is InChI=1S/C16H21NO3/c1-10(9-15(18)19)12-5-7-14(8-6-12)17-16(20)11(2)13-3-4-13/h5-8,10-11,13H,3-4,9H2,1-2H3,(H,17,20)(H,18,19). The summed E-state index contributed by atoms with van der Waals surface area (Å²) in [5.41, 5.74) is 1.74. The summed E-state index contributed by atoms with van der Waals surface area (Å²) in [6.07, 6.45) is 2.42. The maximum Gasteiger partial charge on any atom is 0.303 e. The molecule has 108 valence electrons. The largest absolute Gasteiger partial charge is 0.481 e. The number of hydrogen-bond donors (Lipinski definition) is 2. The van der Waals surface area contributed by atoms with E-state index in [0.29, 0.717) is 5.92 Å². The Labute approximate surface area is 119 Å². The highest BCUT2D eigenvalue weighted by atomic mass is 16.4. The van der Waals surface area contributed by atoms with Crippen molar-refractivity contribution in [2.45, 2.75) is 39.0 Å². The maximum atomic E-state index is 12.0. The van der Waals surface area contributed by atoms with E-state index in [4.69, 9.17) is 5.11 Å². The van der Waals surface area contributed by atoms with E-state index in [1.54, 1.807) is 0 Å². The molecule has 2 atom stereocenters. The molecule has 1 aromatic rings. The van der Waals surface area contributed by atoms with Gasteiger partial charge in [0.2, 0.25) is 5.91 Å². The molecule has 0 bridgehead atoms. The fraction of sp³-hybridized carbons (Fsp3) is 0.500. The summed E-state index contributed by atoms with van der Waals surface area (Å²) in [4.78, 5) is 22.7. The van der Waals surface area contributed by atoms with E-state index in [9.17, 15) is 9.59 Å². The zero-order chi connectivity index (χ0) is 14.7. The van der Waals surface area contributed by atoms with Crippen LogP contribution in [0.15, 0.2) is 24.3 Å². The van der Waals surface area contributed by atoms with Gasteiger partial charge in [-0.05, 0) is 42.4 Å². The molecular formula is C16H21NO3. The molecule has 1 amide bonds. The first kappa shape index (κ1) is 14.6. The van der Waals surface area contributed by atoms with Crippen LogP contribution in [0.3, 0.4) is 0 Å². The van der Waals surface area contributed by atoms with Crippen molar-refractivity contribution in [3.8, 4) is 0 Å². The minimum atomic E-state index is -0.798. The molecule has 20 heavy (non-hydrogen) atoms. The molecule has 0 aromatic heterocycles. The molecule has 0 saturated heterocycles. The number of carboxylic acids is 1. The number of benzene rings is 1. The lowest BCUT2D eigenvalue weighted by Crippen LogP contribution is -2.21. The number of aliphatic carboxylic acids is 1. The van der Waals surface area contributed by atoms with Crippen LogP contribution >= 0.6 is 0 Å². The molecule has 1 aliphatic carbocycles. The van der Waals surface area contributed by atoms with Crippen LogP contribution in [-0.2, 0) is 9.59 Å². The number of nitrogens with one attached hydrogen (secondary N) is 1. The minimum Gasteiger partial charge on any atom is -0.481 e. The summed E-state index contributed by atoms with van der Waals surface area (Å²) in [6.45, 7) is 3.85. The molecule has 4 nitrogen and oxygen atoms in total. The highest BCUT2D eigenvalue weighted by Gasteiger charge is 2.32. The highest BCUT2D eigenvalue weighted by molar-refractivity contribution is 5.92. The molecule has 1 saturated carbocycles. The topological polar surface area (TPSA) is 66.4 Å². The molecule has 2 rings (SSSR count). The smallest absolute Gasteiger partial charge is 0.303 e. The fourth-order valence-corrected chi connectivity index (χ4v) is 2.34. The summed E-state index contributed by atoms with van der Waals surface area (Å²) in [5, 5.41) is 11.7. The second kappa shape index (κ2) is 6.07. The van der Waals surface area contributed by atoms with Gasteiger partial charge in [0.15, 0.2) is 0 Å². The highest BCUT2D eigenvalue weighted by Crippen LogP contribution is 2.37. The Balaban J connectivity index is 1.93. The van der Waals surface area contributed by atoms with Gasteiger partial charge in [0.25, 0.3) is 0 Å². The Bertz CT molecular complexity index is 491. The van der Waals surface area contributed by atoms with Gasteiger partial charge in [-0.25, -0.2) is 0 Å². The normalized spacial score (nSPS) is 17.3. The summed E-state index contributed by atoms with van der Waals surface area (Å²) < 4.78 is 0. The quantitative estimate of drug-likeness (QED) is 0.837. The lowest BCUT2D eigenvalue weighted by Gasteiger charge is -2.13. The Hall–Kier alpha value is -1.84. The minimum absolute atomic E-state index is 0.0253. The molecule has 1 aliphatic rings. The van der Waals surface area contributed by atoms with Crippen molar-refractivity contribution in [2.75, 3.05) is 5.32 Å². The predicted molar refractivity (Wildman–Crippen MR) is 77.6 cm³/mol. The van der Waals surface area contributed by atoms with E-state index in [1.807, 2.05) is 38.1 Å². The van der Waals surface area contributed by atoms with Crippen LogP contribution in [0.5, 0.6) is 0 Å². The lowest BCUT2D eigenvalue weighted by atomic mass is 9.97. The van der Waals surface area contributed by atoms with Gasteiger partial charge in [-0.1, -0.05) is 26.0 Å². The van der Waals surface area contributed by atoms with Crippen molar-refractivity contribution >= 4 is 17.6 Å². The van der Waals surface area contributed by atoms with Crippen molar-refractivity contribution in [3.63, 3.8) is 0 Å². The van der Waals surface area contributed by atoms with Crippen molar-refractivity contribution in [1.82, 2.24) is 0 Å². The third kappa shape index (κ3) is 3.83. The van der Waals surface area contributed by atoms with Crippen molar-refractivity contribution in [2.24, 2.45) is 11.8 Å². The molecule has 1 fully saturated rings. The number of anilines is 1.